The molecule has 14 heavy (non-hydrogen) atoms. The van der Waals surface area contributed by atoms with Gasteiger partial charge >= 0.3 is 0 Å². The fraction of sp³-hybridized carbons (Fsp3) is 0. The number of nitrogens with two attached hydrogens (primary N) is 1. The lowest BCUT2D eigenvalue weighted by Crippen LogP contribution is -2.29. The molecule has 0 aliphatic carbocycles. The average Bonchev–Trinajstić information content (AvgIpc) is 2.23. The van der Waals surface area contributed by atoms with Gasteiger partial charge in [0.25, 0.3) is 5.56 Å². The fourth-order valence-electron chi connectivity index (χ4n) is 1.19. The van der Waals surface area contributed by atoms with Gasteiger partial charge in [0.15, 0.2) is 0 Å². The van der Waals surface area contributed by atoms with Crippen molar-refractivity contribution in [2.45, 2.75) is 0 Å². The molecule has 4 nitrogen and oxygen atoms in total. The fourth-order valence-corrected chi connectivity index (χ4v) is 1.19. The van der Waals surface area contributed by atoms with Crippen LogP contribution in [0.3, 0.4) is 0 Å². The first-order valence-corrected chi connectivity index (χ1v) is 4.18. The topological polar surface area (TPSA) is 60.9 Å². The van der Waals surface area contributed by atoms with E-state index in [9.17, 15) is 4.79 Å². The quantitative estimate of drug-likeness (QED) is 0.666. The van der Waals surface area contributed by atoms with Gasteiger partial charge < -0.3 is 5.84 Å². The maximum atomic E-state index is 11.0. The van der Waals surface area contributed by atoms with Gasteiger partial charge in [-0.3, -0.25) is 4.79 Å². The predicted octanol–water partition coefficient (Wildman–Crippen LogP) is 0.624. The number of hydrogen-bond acceptors (Lipinski definition) is 3. The van der Waals surface area contributed by atoms with Crippen LogP contribution in [-0.4, -0.2) is 9.89 Å². The second kappa shape index (κ2) is 3.33. The Morgan fingerprint density at radius 3 is 2.43 bits per heavy atom. The lowest BCUT2D eigenvalue weighted by Gasteiger charge is -2.01. The third-order valence-corrected chi connectivity index (χ3v) is 1.89. The molecule has 0 saturated carbocycles. The molecule has 1 aromatic carbocycles. The molecule has 0 aliphatic heterocycles. The first-order chi connectivity index (χ1) is 6.77. The number of hydrogen-bond donors (Lipinski definition) is 1. The van der Waals surface area contributed by atoms with Crippen molar-refractivity contribution in [1.82, 2.24) is 9.89 Å². The van der Waals surface area contributed by atoms with Crippen LogP contribution in [0.15, 0.2) is 47.3 Å². The molecule has 0 aliphatic rings. The molecule has 0 radical (unpaired) electrons. The molecule has 0 amide bonds. The molecule has 4 heteroatoms. The summed E-state index contributed by atoms with van der Waals surface area (Å²) in [6.07, 6.45) is 0. The van der Waals surface area contributed by atoms with Gasteiger partial charge in [0.1, 0.15) is 0 Å². The molecular formula is C10H9N3O. The van der Waals surface area contributed by atoms with Gasteiger partial charge in [-0.05, 0) is 6.07 Å². The molecule has 2 aromatic rings. The van der Waals surface area contributed by atoms with Crippen LogP contribution in [0.2, 0.25) is 0 Å². The Morgan fingerprint density at radius 1 is 1.07 bits per heavy atom. The van der Waals surface area contributed by atoms with Crippen molar-refractivity contribution in [2.75, 3.05) is 5.84 Å². The van der Waals surface area contributed by atoms with Crippen molar-refractivity contribution in [2.24, 2.45) is 0 Å². The zero-order chi connectivity index (χ0) is 9.97. The lowest BCUT2D eigenvalue weighted by molar-refractivity contribution is 0.768. The third-order valence-electron chi connectivity index (χ3n) is 1.89. The molecule has 2 N–H and O–H groups in total. The zero-order valence-corrected chi connectivity index (χ0v) is 7.42. The Hall–Kier alpha value is -2.10. The van der Waals surface area contributed by atoms with Crippen molar-refractivity contribution in [3.05, 3.63) is 52.8 Å². The molecule has 0 unspecified atom stereocenters. The smallest absolute Gasteiger partial charge is 0.285 e. The summed E-state index contributed by atoms with van der Waals surface area (Å²) >= 11 is 0. The maximum absolute atomic E-state index is 11.0. The van der Waals surface area contributed by atoms with Crippen LogP contribution in [0.25, 0.3) is 11.3 Å². The first-order valence-electron chi connectivity index (χ1n) is 4.18. The summed E-state index contributed by atoms with van der Waals surface area (Å²) in [5, 5.41) is 3.92. The van der Waals surface area contributed by atoms with Gasteiger partial charge in [0.2, 0.25) is 0 Å². The molecule has 1 aromatic heterocycles. The molecule has 0 saturated heterocycles. The van der Waals surface area contributed by atoms with Crippen LogP contribution in [-0.2, 0) is 0 Å². The van der Waals surface area contributed by atoms with E-state index in [2.05, 4.69) is 5.10 Å². The zero-order valence-electron chi connectivity index (χ0n) is 7.42. The molecule has 0 spiro atoms. The Kier molecular flexibility index (Phi) is 2.02. The average molecular weight is 187 g/mol. The van der Waals surface area contributed by atoms with Gasteiger partial charge in [0, 0.05) is 11.6 Å². The molecule has 0 bridgehead atoms. The Morgan fingerprint density at radius 2 is 1.79 bits per heavy atom. The van der Waals surface area contributed by atoms with Crippen LogP contribution in [0.5, 0.6) is 0 Å². The highest BCUT2D eigenvalue weighted by Gasteiger charge is 1.99. The Balaban J connectivity index is 2.54. The van der Waals surface area contributed by atoms with E-state index in [0.717, 1.165) is 10.4 Å². The minimum atomic E-state index is -0.315. The van der Waals surface area contributed by atoms with E-state index in [1.54, 1.807) is 6.07 Å². The van der Waals surface area contributed by atoms with E-state index in [1.807, 2.05) is 30.3 Å². The largest absolute Gasteiger partial charge is 0.320 e. The summed E-state index contributed by atoms with van der Waals surface area (Å²) in [4.78, 5) is 11.8. The Labute approximate surface area is 80.6 Å². The number of nitrogen functional groups attached to an aromatic ring is 1. The summed E-state index contributed by atoms with van der Waals surface area (Å²) in [6.45, 7) is 0. The minimum Gasteiger partial charge on any atom is -0.320 e. The number of nitrogens with zero attached hydrogens (tertiary/aromatic N) is 2. The van der Waals surface area contributed by atoms with Gasteiger partial charge in [-0.25, -0.2) is 0 Å². The van der Waals surface area contributed by atoms with Crippen molar-refractivity contribution in [3.63, 3.8) is 0 Å². The van der Waals surface area contributed by atoms with Gasteiger partial charge in [-0.1, -0.05) is 30.3 Å². The minimum absolute atomic E-state index is 0.315. The van der Waals surface area contributed by atoms with Gasteiger partial charge in [-0.15, -0.1) is 9.89 Å². The second-order valence-corrected chi connectivity index (χ2v) is 2.87. The van der Waals surface area contributed by atoms with Crippen LogP contribution < -0.4 is 11.4 Å². The predicted molar refractivity (Wildman–Crippen MR) is 54.1 cm³/mol. The molecule has 70 valence electrons. The highest BCUT2D eigenvalue weighted by atomic mass is 16.1. The van der Waals surface area contributed by atoms with Crippen molar-refractivity contribution in [3.8, 4) is 11.3 Å². The monoisotopic (exact) mass is 187 g/mol. The summed E-state index contributed by atoms with van der Waals surface area (Å²) < 4.78 is 0. The van der Waals surface area contributed by atoms with Crippen molar-refractivity contribution < 1.29 is 0 Å². The number of rotatable bonds is 1. The van der Waals surface area contributed by atoms with Gasteiger partial charge in [0.05, 0.1) is 5.69 Å². The summed E-state index contributed by atoms with van der Waals surface area (Å²) in [5.41, 5.74) is 1.31. The molecule has 2 rings (SSSR count). The van der Waals surface area contributed by atoms with E-state index in [-0.39, 0.29) is 5.56 Å². The van der Waals surface area contributed by atoms with Crippen molar-refractivity contribution in [1.29, 1.82) is 0 Å². The summed E-state index contributed by atoms with van der Waals surface area (Å²) in [6, 6.07) is 12.6. The van der Waals surface area contributed by atoms with E-state index in [0.29, 0.717) is 5.69 Å². The second-order valence-electron chi connectivity index (χ2n) is 2.87. The SMILES string of the molecule is Nn1nc(-c2ccccc2)ccc1=O. The van der Waals surface area contributed by atoms with E-state index in [4.69, 9.17) is 5.84 Å². The standard InChI is InChI=1S/C10H9N3O/c11-13-10(14)7-6-9(12-13)8-4-2-1-3-5-8/h1-7H,11H2. The molecule has 1 heterocycles. The van der Waals surface area contributed by atoms with Gasteiger partial charge in [-0.2, -0.15) is 0 Å². The van der Waals surface area contributed by atoms with E-state index >= 15 is 0 Å². The highest BCUT2D eigenvalue weighted by molar-refractivity contribution is 5.57. The molecule has 0 fully saturated rings. The molecular weight excluding hydrogens is 178 g/mol. The highest BCUT2D eigenvalue weighted by Crippen LogP contribution is 2.13. The lowest BCUT2D eigenvalue weighted by atomic mass is 10.1. The number of aromatic nitrogens is 2. The maximum Gasteiger partial charge on any atom is 0.285 e. The number of benzene rings is 1. The van der Waals surface area contributed by atoms with Crippen LogP contribution in [0, 0.1) is 0 Å². The molecule has 0 atom stereocenters. The van der Waals surface area contributed by atoms with Crippen LogP contribution in [0.1, 0.15) is 0 Å². The van der Waals surface area contributed by atoms with E-state index in [1.165, 1.54) is 6.07 Å². The Bertz CT molecular complexity index is 490. The van der Waals surface area contributed by atoms with Crippen LogP contribution >= 0.6 is 0 Å². The summed E-state index contributed by atoms with van der Waals surface area (Å²) in [5.74, 6) is 5.35. The van der Waals surface area contributed by atoms with E-state index < -0.39 is 0 Å². The van der Waals surface area contributed by atoms with Crippen molar-refractivity contribution >= 4 is 0 Å². The van der Waals surface area contributed by atoms with Crippen LogP contribution in [0.4, 0.5) is 0 Å². The third kappa shape index (κ3) is 1.50. The first kappa shape index (κ1) is 8.50. The summed E-state index contributed by atoms with van der Waals surface area (Å²) in [7, 11) is 0. The normalized spacial score (nSPS) is 10.0.